The third-order valence-electron chi connectivity index (χ3n) is 2.14. The molecule has 0 aromatic carbocycles. The largest absolute Gasteiger partial charge is 0.396 e. The van der Waals surface area contributed by atoms with Crippen LogP contribution in [-0.2, 0) is 6.54 Å². The van der Waals surface area contributed by atoms with Crippen LogP contribution in [0.2, 0.25) is 0 Å². The zero-order valence-electron chi connectivity index (χ0n) is 8.62. The van der Waals surface area contributed by atoms with Crippen LogP contribution >= 0.6 is 11.3 Å². The van der Waals surface area contributed by atoms with E-state index in [2.05, 4.69) is 10.3 Å². The van der Waals surface area contributed by atoms with Crippen LogP contribution in [0.25, 0.3) is 0 Å². The molecule has 4 heteroatoms. The van der Waals surface area contributed by atoms with Crippen molar-refractivity contribution in [3.05, 3.63) is 16.1 Å². The molecule has 0 aliphatic carbocycles. The minimum absolute atomic E-state index is 0.313. The second-order valence-electron chi connectivity index (χ2n) is 3.32. The second kappa shape index (κ2) is 6.92. The summed E-state index contributed by atoms with van der Waals surface area (Å²) in [7, 11) is 0. The maximum Gasteiger partial charge on any atom is 0.0798 e. The van der Waals surface area contributed by atoms with Gasteiger partial charge in [-0.2, -0.15) is 0 Å². The van der Waals surface area contributed by atoms with Gasteiger partial charge in [0.15, 0.2) is 0 Å². The molecule has 0 bridgehead atoms. The SMILES string of the molecule is Cc1ncsc1CNCCCCCO. The molecule has 0 aliphatic rings. The van der Waals surface area contributed by atoms with E-state index in [1.165, 1.54) is 4.88 Å². The number of hydrogen-bond donors (Lipinski definition) is 2. The molecule has 3 nitrogen and oxygen atoms in total. The van der Waals surface area contributed by atoms with Crippen molar-refractivity contribution < 1.29 is 5.11 Å². The van der Waals surface area contributed by atoms with Crippen LogP contribution in [0.3, 0.4) is 0 Å². The van der Waals surface area contributed by atoms with Gasteiger partial charge in [-0.05, 0) is 32.7 Å². The summed E-state index contributed by atoms with van der Waals surface area (Å²) in [6.07, 6.45) is 3.16. The summed E-state index contributed by atoms with van der Waals surface area (Å²) < 4.78 is 0. The number of hydrogen-bond acceptors (Lipinski definition) is 4. The van der Waals surface area contributed by atoms with E-state index in [0.29, 0.717) is 6.61 Å². The van der Waals surface area contributed by atoms with Crippen molar-refractivity contribution in [2.45, 2.75) is 32.7 Å². The fourth-order valence-corrected chi connectivity index (χ4v) is 1.98. The molecule has 0 atom stereocenters. The number of unbranched alkanes of at least 4 members (excludes halogenated alkanes) is 2. The van der Waals surface area contributed by atoms with Gasteiger partial charge in [-0.1, -0.05) is 0 Å². The minimum atomic E-state index is 0.313. The Morgan fingerprint density at radius 2 is 2.29 bits per heavy atom. The first kappa shape index (κ1) is 11.6. The van der Waals surface area contributed by atoms with Crippen molar-refractivity contribution in [1.29, 1.82) is 0 Å². The van der Waals surface area contributed by atoms with E-state index in [0.717, 1.165) is 38.0 Å². The van der Waals surface area contributed by atoms with E-state index >= 15 is 0 Å². The van der Waals surface area contributed by atoms with Gasteiger partial charge in [-0.3, -0.25) is 0 Å². The molecule has 0 unspecified atom stereocenters. The number of aryl methyl sites for hydroxylation is 1. The molecular weight excluding hydrogens is 196 g/mol. The first-order valence-electron chi connectivity index (χ1n) is 5.05. The van der Waals surface area contributed by atoms with Gasteiger partial charge in [0.2, 0.25) is 0 Å². The topological polar surface area (TPSA) is 45.2 Å². The molecule has 1 rings (SSSR count). The minimum Gasteiger partial charge on any atom is -0.396 e. The van der Waals surface area contributed by atoms with Crippen molar-refractivity contribution in [1.82, 2.24) is 10.3 Å². The van der Waals surface area contributed by atoms with Gasteiger partial charge >= 0.3 is 0 Å². The van der Waals surface area contributed by atoms with Gasteiger partial charge < -0.3 is 10.4 Å². The number of rotatable bonds is 7. The summed E-state index contributed by atoms with van der Waals surface area (Å²) in [5.74, 6) is 0. The van der Waals surface area contributed by atoms with Crippen LogP contribution in [-0.4, -0.2) is 23.2 Å². The summed E-state index contributed by atoms with van der Waals surface area (Å²) >= 11 is 1.70. The van der Waals surface area contributed by atoms with Crippen molar-refractivity contribution >= 4 is 11.3 Å². The molecule has 14 heavy (non-hydrogen) atoms. The van der Waals surface area contributed by atoms with Gasteiger partial charge in [-0.25, -0.2) is 4.98 Å². The molecule has 0 amide bonds. The first-order valence-corrected chi connectivity index (χ1v) is 5.93. The molecule has 1 heterocycles. The van der Waals surface area contributed by atoms with Crippen molar-refractivity contribution in [3.63, 3.8) is 0 Å². The number of nitrogens with zero attached hydrogens (tertiary/aromatic N) is 1. The molecule has 0 aliphatic heterocycles. The quantitative estimate of drug-likeness (QED) is 0.679. The lowest BCUT2D eigenvalue weighted by atomic mass is 10.2. The third-order valence-corrected chi connectivity index (χ3v) is 3.08. The van der Waals surface area contributed by atoms with Crippen LogP contribution in [0.1, 0.15) is 29.8 Å². The molecule has 1 aromatic rings. The van der Waals surface area contributed by atoms with Gasteiger partial charge in [-0.15, -0.1) is 11.3 Å². The number of thiazole rings is 1. The predicted octanol–water partition coefficient (Wildman–Crippen LogP) is 1.70. The average Bonchev–Trinajstić information content (AvgIpc) is 2.58. The highest BCUT2D eigenvalue weighted by atomic mass is 32.1. The van der Waals surface area contributed by atoms with Gasteiger partial charge in [0.05, 0.1) is 11.2 Å². The summed E-state index contributed by atoms with van der Waals surface area (Å²) in [5, 5.41) is 12.0. The first-order chi connectivity index (χ1) is 6.84. The van der Waals surface area contributed by atoms with Gasteiger partial charge in [0.1, 0.15) is 0 Å². The molecular formula is C10H18N2OS. The summed E-state index contributed by atoms with van der Waals surface area (Å²) in [6.45, 7) is 4.31. The highest BCUT2D eigenvalue weighted by Crippen LogP contribution is 2.11. The number of aromatic nitrogens is 1. The Balaban J connectivity index is 2.02. The fourth-order valence-electron chi connectivity index (χ4n) is 1.24. The maximum absolute atomic E-state index is 8.58. The van der Waals surface area contributed by atoms with E-state index in [-0.39, 0.29) is 0 Å². The van der Waals surface area contributed by atoms with Gasteiger partial charge in [0.25, 0.3) is 0 Å². The Labute approximate surface area is 89.2 Å². The molecule has 0 saturated heterocycles. The Morgan fingerprint density at radius 3 is 2.93 bits per heavy atom. The summed E-state index contributed by atoms with van der Waals surface area (Å²) in [5.41, 5.74) is 3.02. The van der Waals surface area contributed by atoms with E-state index in [1.807, 2.05) is 12.4 Å². The Hall–Kier alpha value is -0.450. The summed E-state index contributed by atoms with van der Waals surface area (Å²) in [4.78, 5) is 5.52. The Morgan fingerprint density at radius 1 is 1.43 bits per heavy atom. The van der Waals surface area contributed by atoms with Crippen molar-refractivity contribution in [2.75, 3.05) is 13.2 Å². The maximum atomic E-state index is 8.58. The van der Waals surface area contributed by atoms with Crippen LogP contribution in [0.4, 0.5) is 0 Å². The molecule has 0 fully saturated rings. The van der Waals surface area contributed by atoms with E-state index in [9.17, 15) is 0 Å². The fraction of sp³-hybridized carbons (Fsp3) is 0.700. The lowest BCUT2D eigenvalue weighted by Gasteiger charge is -2.02. The molecule has 80 valence electrons. The summed E-state index contributed by atoms with van der Waals surface area (Å²) in [6, 6.07) is 0. The van der Waals surface area contributed by atoms with E-state index in [4.69, 9.17) is 5.11 Å². The molecule has 0 spiro atoms. The van der Waals surface area contributed by atoms with Crippen LogP contribution in [0, 0.1) is 6.92 Å². The monoisotopic (exact) mass is 214 g/mol. The highest BCUT2D eigenvalue weighted by Gasteiger charge is 1.99. The average molecular weight is 214 g/mol. The van der Waals surface area contributed by atoms with Crippen molar-refractivity contribution in [2.24, 2.45) is 0 Å². The van der Waals surface area contributed by atoms with E-state index in [1.54, 1.807) is 11.3 Å². The zero-order chi connectivity index (χ0) is 10.2. The Bertz CT molecular complexity index is 250. The number of aliphatic hydroxyl groups is 1. The molecule has 2 N–H and O–H groups in total. The van der Waals surface area contributed by atoms with Crippen LogP contribution in [0.5, 0.6) is 0 Å². The normalized spacial score (nSPS) is 10.7. The molecule has 1 aromatic heterocycles. The number of nitrogens with one attached hydrogen (secondary N) is 1. The lowest BCUT2D eigenvalue weighted by molar-refractivity contribution is 0.283. The standard InChI is InChI=1S/C10H18N2OS/c1-9-10(14-8-12-9)7-11-5-3-2-4-6-13/h8,11,13H,2-7H2,1H3. The van der Waals surface area contributed by atoms with Crippen LogP contribution in [0.15, 0.2) is 5.51 Å². The highest BCUT2D eigenvalue weighted by molar-refractivity contribution is 7.09. The molecule has 0 saturated carbocycles. The van der Waals surface area contributed by atoms with Gasteiger partial charge in [0, 0.05) is 18.0 Å². The lowest BCUT2D eigenvalue weighted by Crippen LogP contribution is -2.14. The number of aliphatic hydroxyl groups excluding tert-OH is 1. The molecule has 0 radical (unpaired) electrons. The smallest absolute Gasteiger partial charge is 0.0798 e. The zero-order valence-corrected chi connectivity index (χ0v) is 9.44. The van der Waals surface area contributed by atoms with Crippen LogP contribution < -0.4 is 5.32 Å². The third kappa shape index (κ3) is 4.17. The van der Waals surface area contributed by atoms with Crippen molar-refractivity contribution in [3.8, 4) is 0 Å². The van der Waals surface area contributed by atoms with E-state index < -0.39 is 0 Å². The second-order valence-corrected chi connectivity index (χ2v) is 4.26. The predicted molar refractivity (Wildman–Crippen MR) is 59.5 cm³/mol. The Kier molecular flexibility index (Phi) is 5.75.